The smallest absolute Gasteiger partial charge is 0.284 e. The van der Waals surface area contributed by atoms with Crippen molar-refractivity contribution in [1.82, 2.24) is 10.2 Å². The fourth-order valence-electron chi connectivity index (χ4n) is 0.527. The van der Waals surface area contributed by atoms with E-state index in [9.17, 15) is 4.79 Å². The van der Waals surface area contributed by atoms with Gasteiger partial charge >= 0.3 is 0 Å². The third-order valence-corrected chi connectivity index (χ3v) is 1.10. The molecular formula is C6H8N2O2. The van der Waals surface area contributed by atoms with Crippen LogP contribution in [0.2, 0.25) is 0 Å². The number of Topliss-reactive ketones (excluding diaryl/α,β-unsaturated/α-hetero) is 1. The molecule has 0 radical (unpaired) electrons. The molecule has 0 N–H and O–H groups in total. The quantitative estimate of drug-likeness (QED) is 0.573. The van der Waals surface area contributed by atoms with Crippen LogP contribution >= 0.6 is 0 Å². The van der Waals surface area contributed by atoms with Crippen LogP contribution in [0.15, 0.2) is 10.8 Å². The molecule has 1 aromatic rings. The van der Waals surface area contributed by atoms with E-state index in [-0.39, 0.29) is 17.6 Å². The number of hydrogen-bond acceptors (Lipinski definition) is 4. The van der Waals surface area contributed by atoms with Gasteiger partial charge in [0.15, 0.2) is 0 Å². The summed E-state index contributed by atoms with van der Waals surface area (Å²) in [6.45, 7) is 3.57. The van der Waals surface area contributed by atoms with Crippen molar-refractivity contribution in [1.29, 1.82) is 0 Å². The molecule has 0 aliphatic heterocycles. The lowest BCUT2D eigenvalue weighted by molar-refractivity contribution is 0.0904. The highest BCUT2D eigenvalue weighted by Gasteiger charge is 2.14. The van der Waals surface area contributed by atoms with E-state index in [0.717, 1.165) is 6.39 Å². The highest BCUT2D eigenvalue weighted by atomic mass is 16.4. The normalized spacial score (nSPS) is 10.3. The first-order valence-corrected chi connectivity index (χ1v) is 3.02. The van der Waals surface area contributed by atoms with Gasteiger partial charge < -0.3 is 4.42 Å². The van der Waals surface area contributed by atoms with Crippen molar-refractivity contribution in [2.45, 2.75) is 13.8 Å². The first kappa shape index (κ1) is 6.92. The van der Waals surface area contributed by atoms with Crippen LogP contribution in [0.25, 0.3) is 0 Å². The SMILES string of the molecule is CC(C)C(=O)c1nnco1. The molecule has 0 amide bonds. The zero-order valence-electron chi connectivity index (χ0n) is 5.87. The third-order valence-electron chi connectivity index (χ3n) is 1.10. The van der Waals surface area contributed by atoms with Gasteiger partial charge in [-0.1, -0.05) is 13.8 Å². The molecule has 0 unspecified atom stereocenters. The van der Waals surface area contributed by atoms with Crippen LogP contribution < -0.4 is 0 Å². The number of nitrogens with zero attached hydrogens (tertiary/aromatic N) is 2. The van der Waals surface area contributed by atoms with Crippen LogP contribution in [-0.4, -0.2) is 16.0 Å². The van der Waals surface area contributed by atoms with Crippen molar-refractivity contribution in [3.05, 3.63) is 12.3 Å². The minimum absolute atomic E-state index is 0.0829. The maximum absolute atomic E-state index is 11.0. The van der Waals surface area contributed by atoms with E-state index in [4.69, 9.17) is 0 Å². The summed E-state index contributed by atoms with van der Waals surface area (Å²) in [5.41, 5.74) is 0. The van der Waals surface area contributed by atoms with Crippen molar-refractivity contribution in [2.75, 3.05) is 0 Å². The second-order valence-corrected chi connectivity index (χ2v) is 2.26. The summed E-state index contributed by atoms with van der Waals surface area (Å²) in [5.74, 6) is -0.104. The third kappa shape index (κ3) is 1.21. The van der Waals surface area contributed by atoms with Crippen molar-refractivity contribution in [3.63, 3.8) is 0 Å². The van der Waals surface area contributed by atoms with Gasteiger partial charge in [-0.2, -0.15) is 0 Å². The highest BCUT2D eigenvalue weighted by molar-refractivity contribution is 5.92. The van der Waals surface area contributed by atoms with E-state index < -0.39 is 0 Å². The molecule has 4 heteroatoms. The molecular weight excluding hydrogens is 132 g/mol. The van der Waals surface area contributed by atoms with Crippen molar-refractivity contribution in [2.24, 2.45) is 5.92 Å². The molecule has 0 atom stereocenters. The first-order chi connectivity index (χ1) is 4.72. The fraction of sp³-hybridized carbons (Fsp3) is 0.500. The highest BCUT2D eigenvalue weighted by Crippen LogP contribution is 2.02. The van der Waals surface area contributed by atoms with Crippen molar-refractivity contribution >= 4 is 5.78 Å². The summed E-state index contributed by atoms with van der Waals surface area (Å²) in [6, 6.07) is 0. The van der Waals surface area contributed by atoms with E-state index in [1.807, 2.05) is 0 Å². The summed E-state index contributed by atoms with van der Waals surface area (Å²) >= 11 is 0. The first-order valence-electron chi connectivity index (χ1n) is 3.02. The van der Waals surface area contributed by atoms with Crippen LogP contribution in [-0.2, 0) is 0 Å². The van der Waals surface area contributed by atoms with Gasteiger partial charge in [0.2, 0.25) is 12.2 Å². The summed E-state index contributed by atoms with van der Waals surface area (Å²) in [6.07, 6.45) is 1.15. The standard InChI is InChI=1S/C6H8N2O2/c1-4(2)5(9)6-8-7-3-10-6/h3-4H,1-2H3. The topological polar surface area (TPSA) is 56.0 Å². The summed E-state index contributed by atoms with van der Waals surface area (Å²) < 4.78 is 4.68. The average Bonchev–Trinajstić information content (AvgIpc) is 2.36. The lowest BCUT2D eigenvalue weighted by atomic mass is 10.1. The van der Waals surface area contributed by atoms with E-state index in [0.29, 0.717) is 0 Å². The zero-order chi connectivity index (χ0) is 7.56. The van der Waals surface area contributed by atoms with E-state index in [1.54, 1.807) is 13.8 Å². The molecule has 0 fully saturated rings. The van der Waals surface area contributed by atoms with Crippen LogP contribution in [0.1, 0.15) is 24.5 Å². The number of aromatic nitrogens is 2. The van der Waals surface area contributed by atoms with E-state index in [1.165, 1.54) is 0 Å². The number of rotatable bonds is 2. The van der Waals surface area contributed by atoms with Crippen LogP contribution in [0, 0.1) is 5.92 Å². The Morgan fingerprint density at radius 1 is 1.70 bits per heavy atom. The van der Waals surface area contributed by atoms with Gasteiger partial charge in [0.1, 0.15) is 0 Å². The molecule has 1 rings (SSSR count). The molecule has 0 aliphatic rings. The second-order valence-electron chi connectivity index (χ2n) is 2.26. The molecule has 0 aliphatic carbocycles. The van der Waals surface area contributed by atoms with Crippen LogP contribution in [0.4, 0.5) is 0 Å². The Kier molecular flexibility index (Phi) is 1.80. The molecule has 10 heavy (non-hydrogen) atoms. The Morgan fingerprint density at radius 3 is 2.80 bits per heavy atom. The largest absolute Gasteiger partial charge is 0.421 e. The average molecular weight is 140 g/mol. The number of carbonyl (C=O) groups excluding carboxylic acids is 1. The van der Waals surface area contributed by atoms with Gasteiger partial charge in [-0.25, -0.2) is 0 Å². The van der Waals surface area contributed by atoms with E-state index >= 15 is 0 Å². The predicted molar refractivity (Wildman–Crippen MR) is 33.5 cm³/mol. The molecule has 1 aromatic heterocycles. The van der Waals surface area contributed by atoms with Crippen LogP contribution in [0.3, 0.4) is 0 Å². The lowest BCUT2D eigenvalue weighted by Gasteiger charge is -1.95. The molecule has 54 valence electrons. The predicted octanol–water partition coefficient (Wildman–Crippen LogP) is 0.908. The summed E-state index contributed by atoms with van der Waals surface area (Å²) in [7, 11) is 0. The van der Waals surface area contributed by atoms with Crippen molar-refractivity contribution in [3.8, 4) is 0 Å². The second kappa shape index (κ2) is 2.60. The maximum atomic E-state index is 11.0. The molecule has 0 bridgehead atoms. The molecule has 0 saturated carbocycles. The Hall–Kier alpha value is -1.19. The van der Waals surface area contributed by atoms with Gasteiger partial charge in [-0.15, -0.1) is 10.2 Å². The Labute approximate surface area is 58.3 Å². The minimum atomic E-state index is -0.113. The number of hydrogen-bond donors (Lipinski definition) is 0. The van der Waals surface area contributed by atoms with Crippen LogP contribution in [0.5, 0.6) is 0 Å². The summed E-state index contributed by atoms with van der Waals surface area (Å²) in [5, 5.41) is 6.86. The van der Waals surface area contributed by atoms with E-state index in [2.05, 4.69) is 14.6 Å². The van der Waals surface area contributed by atoms with Gasteiger partial charge in [0.05, 0.1) is 0 Å². The number of ketones is 1. The molecule has 4 nitrogen and oxygen atoms in total. The molecule has 0 aromatic carbocycles. The monoisotopic (exact) mass is 140 g/mol. The Morgan fingerprint density at radius 2 is 2.40 bits per heavy atom. The molecule has 0 saturated heterocycles. The molecule has 1 heterocycles. The molecule has 0 spiro atoms. The van der Waals surface area contributed by atoms with Crippen molar-refractivity contribution < 1.29 is 9.21 Å². The van der Waals surface area contributed by atoms with Gasteiger partial charge in [-0.05, 0) is 0 Å². The Bertz CT molecular complexity index is 216. The number of carbonyl (C=O) groups is 1. The maximum Gasteiger partial charge on any atom is 0.284 e. The summed E-state index contributed by atoms with van der Waals surface area (Å²) in [4.78, 5) is 11.0. The lowest BCUT2D eigenvalue weighted by Crippen LogP contribution is -2.07. The Balaban J connectivity index is 2.78. The van der Waals surface area contributed by atoms with Gasteiger partial charge in [0, 0.05) is 5.92 Å². The zero-order valence-corrected chi connectivity index (χ0v) is 5.87. The fourth-order valence-corrected chi connectivity index (χ4v) is 0.527. The van der Waals surface area contributed by atoms with Gasteiger partial charge in [0.25, 0.3) is 5.89 Å². The van der Waals surface area contributed by atoms with Gasteiger partial charge in [-0.3, -0.25) is 4.79 Å². The minimum Gasteiger partial charge on any atom is -0.421 e.